The van der Waals surface area contributed by atoms with Crippen LogP contribution in [0.1, 0.15) is 31.1 Å². The summed E-state index contributed by atoms with van der Waals surface area (Å²) >= 11 is 0. The molecular formula is C12H16FNO3. The van der Waals surface area contributed by atoms with E-state index in [1.807, 2.05) is 20.8 Å². The Bertz CT molecular complexity index is 388. The average molecular weight is 241 g/mol. The van der Waals surface area contributed by atoms with Crippen molar-refractivity contribution < 1.29 is 18.7 Å². The lowest BCUT2D eigenvalue weighted by Gasteiger charge is -2.19. The Morgan fingerprint density at radius 1 is 1.41 bits per heavy atom. The highest BCUT2D eigenvalue weighted by atomic mass is 19.1. The van der Waals surface area contributed by atoms with E-state index in [9.17, 15) is 9.18 Å². The van der Waals surface area contributed by atoms with Gasteiger partial charge in [0, 0.05) is 12.3 Å². The molecular weight excluding hydrogens is 225 g/mol. The summed E-state index contributed by atoms with van der Waals surface area (Å²) < 4.78 is 23.0. The number of rotatable bonds is 4. The smallest absolute Gasteiger partial charge is 0.338 e. The maximum Gasteiger partial charge on any atom is 0.338 e. The zero-order valence-corrected chi connectivity index (χ0v) is 10.2. The van der Waals surface area contributed by atoms with E-state index in [0.717, 1.165) is 6.07 Å². The molecule has 0 aromatic carbocycles. The monoisotopic (exact) mass is 241 g/mol. The summed E-state index contributed by atoms with van der Waals surface area (Å²) in [6, 6.07) is 2.43. The highest BCUT2D eigenvalue weighted by Crippen LogP contribution is 2.06. The maximum absolute atomic E-state index is 12.7. The van der Waals surface area contributed by atoms with E-state index in [1.165, 1.54) is 12.3 Å². The molecule has 0 aliphatic rings. The molecule has 0 saturated carbocycles. The molecule has 5 heteroatoms. The standard InChI is InChI=1S/C12H16FNO3/c1-12(2,3)17-7-6-16-11(15)9-4-5-14-10(13)8-9/h4-5,8H,6-7H2,1-3H3. The number of halogens is 1. The van der Waals surface area contributed by atoms with Gasteiger partial charge in [-0.05, 0) is 26.8 Å². The van der Waals surface area contributed by atoms with Gasteiger partial charge < -0.3 is 9.47 Å². The Morgan fingerprint density at radius 2 is 2.12 bits per heavy atom. The van der Waals surface area contributed by atoms with Gasteiger partial charge in [0.15, 0.2) is 0 Å². The van der Waals surface area contributed by atoms with Gasteiger partial charge in [0.05, 0.1) is 17.8 Å². The second kappa shape index (κ2) is 5.72. The van der Waals surface area contributed by atoms with E-state index in [1.54, 1.807) is 0 Å². The van der Waals surface area contributed by atoms with E-state index in [-0.39, 0.29) is 17.8 Å². The Labute approximate surface area is 99.8 Å². The summed E-state index contributed by atoms with van der Waals surface area (Å²) in [7, 11) is 0. The first kappa shape index (κ1) is 13.6. The van der Waals surface area contributed by atoms with Crippen molar-refractivity contribution in [2.45, 2.75) is 26.4 Å². The summed E-state index contributed by atoms with van der Waals surface area (Å²) in [5, 5.41) is 0. The van der Waals surface area contributed by atoms with Crippen LogP contribution in [-0.4, -0.2) is 29.8 Å². The van der Waals surface area contributed by atoms with Crippen LogP contribution in [0.25, 0.3) is 0 Å². The summed E-state index contributed by atoms with van der Waals surface area (Å²) in [5.41, 5.74) is -0.122. The van der Waals surface area contributed by atoms with Gasteiger partial charge in [-0.2, -0.15) is 4.39 Å². The van der Waals surface area contributed by atoms with Crippen molar-refractivity contribution in [1.82, 2.24) is 4.98 Å². The maximum atomic E-state index is 12.7. The van der Waals surface area contributed by atoms with Crippen LogP contribution >= 0.6 is 0 Å². The largest absolute Gasteiger partial charge is 0.460 e. The predicted octanol–water partition coefficient (Wildman–Crippen LogP) is 2.19. The van der Waals surface area contributed by atoms with Crippen LogP contribution in [0.4, 0.5) is 4.39 Å². The quantitative estimate of drug-likeness (QED) is 0.460. The summed E-state index contributed by atoms with van der Waals surface area (Å²) in [6.45, 7) is 6.18. The first-order chi connectivity index (χ1) is 7.88. The molecule has 0 aliphatic heterocycles. The number of pyridine rings is 1. The van der Waals surface area contributed by atoms with Crippen molar-refractivity contribution in [1.29, 1.82) is 0 Å². The number of hydrogen-bond acceptors (Lipinski definition) is 4. The number of carbonyl (C=O) groups excluding carboxylic acids is 1. The van der Waals surface area contributed by atoms with Crippen LogP contribution in [0, 0.1) is 5.95 Å². The molecule has 94 valence electrons. The third-order valence-corrected chi connectivity index (χ3v) is 1.81. The summed E-state index contributed by atoms with van der Waals surface area (Å²) in [4.78, 5) is 14.8. The van der Waals surface area contributed by atoms with Crippen LogP contribution in [0.2, 0.25) is 0 Å². The van der Waals surface area contributed by atoms with Crippen molar-refractivity contribution in [3.63, 3.8) is 0 Å². The fraction of sp³-hybridized carbons (Fsp3) is 0.500. The van der Waals surface area contributed by atoms with E-state index in [2.05, 4.69) is 4.98 Å². The molecule has 1 aromatic heterocycles. The zero-order valence-electron chi connectivity index (χ0n) is 10.2. The molecule has 0 fully saturated rings. The van der Waals surface area contributed by atoms with Crippen LogP contribution in [0.3, 0.4) is 0 Å². The molecule has 0 saturated heterocycles. The van der Waals surface area contributed by atoms with Crippen LogP contribution < -0.4 is 0 Å². The number of carbonyl (C=O) groups is 1. The van der Waals surface area contributed by atoms with Crippen molar-refractivity contribution in [3.8, 4) is 0 Å². The molecule has 1 rings (SSSR count). The van der Waals surface area contributed by atoms with Gasteiger partial charge in [-0.25, -0.2) is 9.78 Å². The molecule has 1 heterocycles. The van der Waals surface area contributed by atoms with Crippen molar-refractivity contribution >= 4 is 5.97 Å². The van der Waals surface area contributed by atoms with Gasteiger partial charge in [-0.3, -0.25) is 0 Å². The molecule has 0 radical (unpaired) electrons. The number of aromatic nitrogens is 1. The third-order valence-electron chi connectivity index (χ3n) is 1.81. The fourth-order valence-corrected chi connectivity index (χ4v) is 1.09. The van der Waals surface area contributed by atoms with Gasteiger partial charge in [-0.1, -0.05) is 0 Å². The summed E-state index contributed by atoms with van der Waals surface area (Å²) in [5.74, 6) is -1.28. The minimum Gasteiger partial charge on any atom is -0.460 e. The van der Waals surface area contributed by atoms with Gasteiger partial charge in [-0.15, -0.1) is 0 Å². The number of ether oxygens (including phenoxy) is 2. The molecule has 0 aliphatic carbocycles. The van der Waals surface area contributed by atoms with Gasteiger partial charge in [0.1, 0.15) is 6.61 Å². The number of esters is 1. The normalized spacial score (nSPS) is 11.3. The molecule has 0 atom stereocenters. The zero-order chi connectivity index (χ0) is 12.9. The fourth-order valence-electron chi connectivity index (χ4n) is 1.09. The SMILES string of the molecule is CC(C)(C)OCCOC(=O)c1ccnc(F)c1. The molecule has 0 N–H and O–H groups in total. The number of nitrogens with zero attached hydrogens (tertiary/aromatic N) is 1. The minimum absolute atomic E-state index is 0.139. The Hall–Kier alpha value is -1.49. The highest BCUT2D eigenvalue weighted by molar-refractivity contribution is 5.89. The topological polar surface area (TPSA) is 48.4 Å². The molecule has 0 unspecified atom stereocenters. The van der Waals surface area contributed by atoms with Crippen molar-refractivity contribution in [2.75, 3.05) is 13.2 Å². The highest BCUT2D eigenvalue weighted by Gasteiger charge is 2.11. The molecule has 17 heavy (non-hydrogen) atoms. The average Bonchev–Trinajstić information content (AvgIpc) is 2.23. The van der Waals surface area contributed by atoms with Crippen molar-refractivity contribution in [2.24, 2.45) is 0 Å². The Morgan fingerprint density at radius 3 is 2.71 bits per heavy atom. The molecule has 0 amide bonds. The van der Waals surface area contributed by atoms with E-state index in [4.69, 9.17) is 9.47 Å². The lowest BCUT2D eigenvalue weighted by molar-refractivity contribution is -0.0281. The Balaban J connectivity index is 2.36. The molecule has 0 bridgehead atoms. The van der Waals surface area contributed by atoms with E-state index >= 15 is 0 Å². The number of hydrogen-bond donors (Lipinski definition) is 0. The van der Waals surface area contributed by atoms with Crippen molar-refractivity contribution in [3.05, 3.63) is 29.8 Å². The minimum atomic E-state index is -0.703. The summed E-state index contributed by atoms with van der Waals surface area (Å²) in [6.07, 6.45) is 1.22. The second-order valence-electron chi connectivity index (χ2n) is 4.46. The van der Waals surface area contributed by atoms with Gasteiger partial charge in [0.25, 0.3) is 0 Å². The van der Waals surface area contributed by atoms with Crippen LogP contribution in [0.15, 0.2) is 18.3 Å². The lowest BCUT2D eigenvalue weighted by atomic mass is 10.2. The van der Waals surface area contributed by atoms with Crippen LogP contribution in [-0.2, 0) is 9.47 Å². The molecule has 4 nitrogen and oxygen atoms in total. The van der Waals surface area contributed by atoms with Gasteiger partial charge >= 0.3 is 5.97 Å². The van der Waals surface area contributed by atoms with Gasteiger partial charge in [0.2, 0.25) is 5.95 Å². The first-order valence-corrected chi connectivity index (χ1v) is 5.31. The third kappa shape index (κ3) is 5.40. The van der Waals surface area contributed by atoms with Crippen LogP contribution in [0.5, 0.6) is 0 Å². The first-order valence-electron chi connectivity index (χ1n) is 5.31. The Kier molecular flexibility index (Phi) is 4.57. The molecule has 0 spiro atoms. The van der Waals surface area contributed by atoms with E-state index in [0.29, 0.717) is 6.61 Å². The lowest BCUT2D eigenvalue weighted by Crippen LogP contribution is -2.22. The molecule has 1 aromatic rings. The second-order valence-corrected chi connectivity index (χ2v) is 4.46. The predicted molar refractivity (Wildman–Crippen MR) is 60.2 cm³/mol. The van der Waals surface area contributed by atoms with E-state index < -0.39 is 11.9 Å².